The SMILES string of the molecule is CN=C(NCCCCSC)NCc1ccccc1OCCN(C)C. The average molecular weight is 353 g/mol. The fourth-order valence-corrected chi connectivity index (χ4v) is 2.60. The van der Waals surface area contributed by atoms with E-state index in [4.69, 9.17) is 4.74 Å². The van der Waals surface area contributed by atoms with E-state index >= 15 is 0 Å². The lowest BCUT2D eigenvalue weighted by molar-refractivity contribution is 0.259. The largest absolute Gasteiger partial charge is 0.492 e. The van der Waals surface area contributed by atoms with Gasteiger partial charge in [-0.1, -0.05) is 18.2 Å². The molecule has 0 fully saturated rings. The Bertz CT molecular complexity index is 480. The van der Waals surface area contributed by atoms with E-state index in [1.165, 1.54) is 12.2 Å². The number of hydrogen-bond donors (Lipinski definition) is 2. The third-order valence-corrected chi connectivity index (χ3v) is 4.20. The van der Waals surface area contributed by atoms with Crippen LogP contribution in [0.3, 0.4) is 0 Å². The van der Waals surface area contributed by atoms with Crippen LogP contribution in [0.5, 0.6) is 5.75 Å². The van der Waals surface area contributed by atoms with Gasteiger partial charge in [-0.15, -0.1) is 0 Å². The van der Waals surface area contributed by atoms with E-state index in [1.807, 2.05) is 44.1 Å². The lowest BCUT2D eigenvalue weighted by Crippen LogP contribution is -2.37. The quantitative estimate of drug-likeness (QED) is 0.364. The molecule has 0 spiro atoms. The van der Waals surface area contributed by atoms with Crippen LogP contribution in [0.2, 0.25) is 0 Å². The number of nitrogens with zero attached hydrogens (tertiary/aromatic N) is 2. The monoisotopic (exact) mass is 352 g/mol. The van der Waals surface area contributed by atoms with Crippen LogP contribution >= 0.6 is 11.8 Å². The lowest BCUT2D eigenvalue weighted by atomic mass is 10.2. The number of aliphatic imine (C=N–C) groups is 1. The minimum Gasteiger partial charge on any atom is -0.492 e. The summed E-state index contributed by atoms with van der Waals surface area (Å²) in [7, 11) is 5.90. The molecule has 2 N–H and O–H groups in total. The molecule has 1 rings (SSSR count). The second-order valence-electron chi connectivity index (χ2n) is 5.81. The molecule has 0 amide bonds. The Kier molecular flexibility index (Phi) is 11.1. The minimum absolute atomic E-state index is 0.687. The van der Waals surface area contributed by atoms with Crippen molar-refractivity contribution in [3.63, 3.8) is 0 Å². The van der Waals surface area contributed by atoms with Crippen LogP contribution in [-0.4, -0.2) is 63.7 Å². The van der Waals surface area contributed by atoms with Crippen molar-refractivity contribution in [2.24, 2.45) is 4.99 Å². The van der Waals surface area contributed by atoms with E-state index in [-0.39, 0.29) is 0 Å². The first-order chi connectivity index (χ1) is 11.7. The number of rotatable bonds is 11. The second-order valence-corrected chi connectivity index (χ2v) is 6.80. The summed E-state index contributed by atoms with van der Waals surface area (Å²) in [5.74, 6) is 2.98. The van der Waals surface area contributed by atoms with Crippen LogP contribution in [0, 0.1) is 0 Å². The van der Waals surface area contributed by atoms with Crippen LogP contribution in [0.1, 0.15) is 18.4 Å². The fraction of sp³-hybridized carbons (Fsp3) is 0.611. The molecule has 0 saturated heterocycles. The topological polar surface area (TPSA) is 48.9 Å². The molecular formula is C18H32N4OS. The van der Waals surface area contributed by atoms with Gasteiger partial charge in [-0.25, -0.2) is 0 Å². The maximum Gasteiger partial charge on any atom is 0.191 e. The number of nitrogens with one attached hydrogen (secondary N) is 2. The summed E-state index contributed by atoms with van der Waals surface area (Å²) < 4.78 is 5.90. The van der Waals surface area contributed by atoms with Gasteiger partial charge >= 0.3 is 0 Å². The van der Waals surface area contributed by atoms with Crippen LogP contribution in [0.15, 0.2) is 29.3 Å². The third-order valence-electron chi connectivity index (χ3n) is 3.51. The maximum absolute atomic E-state index is 5.90. The van der Waals surface area contributed by atoms with Crippen molar-refractivity contribution >= 4 is 17.7 Å². The standard InChI is InChI=1S/C18H32N4OS/c1-19-18(20-11-7-8-14-24-4)21-15-16-9-5-6-10-17(16)23-13-12-22(2)3/h5-6,9-10H,7-8,11-15H2,1-4H3,(H2,19,20,21). The molecule has 0 atom stereocenters. The van der Waals surface area contributed by atoms with Crippen molar-refractivity contribution in [3.05, 3.63) is 29.8 Å². The van der Waals surface area contributed by atoms with Crippen molar-refractivity contribution in [2.75, 3.05) is 52.8 Å². The number of guanidine groups is 1. The van der Waals surface area contributed by atoms with Gasteiger partial charge in [0.25, 0.3) is 0 Å². The van der Waals surface area contributed by atoms with Crippen molar-refractivity contribution in [2.45, 2.75) is 19.4 Å². The van der Waals surface area contributed by atoms with Gasteiger partial charge in [0.2, 0.25) is 0 Å². The Morgan fingerprint density at radius 2 is 2.00 bits per heavy atom. The molecule has 0 bridgehead atoms. The van der Waals surface area contributed by atoms with Crippen LogP contribution in [-0.2, 0) is 6.54 Å². The Morgan fingerprint density at radius 3 is 2.71 bits per heavy atom. The number of benzene rings is 1. The molecule has 0 heterocycles. The summed E-state index contributed by atoms with van der Waals surface area (Å²) in [6.07, 6.45) is 4.53. The lowest BCUT2D eigenvalue weighted by Gasteiger charge is -2.16. The maximum atomic E-state index is 5.90. The molecule has 136 valence electrons. The first-order valence-electron chi connectivity index (χ1n) is 8.46. The average Bonchev–Trinajstić information content (AvgIpc) is 2.58. The van der Waals surface area contributed by atoms with Gasteiger partial charge in [0.1, 0.15) is 12.4 Å². The van der Waals surface area contributed by atoms with Crippen molar-refractivity contribution in [1.82, 2.24) is 15.5 Å². The smallest absolute Gasteiger partial charge is 0.191 e. The number of unbranched alkanes of at least 4 members (excludes halogenated alkanes) is 1. The molecule has 0 aliphatic carbocycles. The molecule has 1 aromatic rings. The molecule has 0 aliphatic rings. The number of para-hydroxylation sites is 1. The summed E-state index contributed by atoms with van der Waals surface area (Å²) in [6.45, 7) is 3.23. The van der Waals surface area contributed by atoms with E-state index < -0.39 is 0 Å². The van der Waals surface area contributed by atoms with Crippen molar-refractivity contribution in [1.29, 1.82) is 0 Å². The zero-order chi connectivity index (χ0) is 17.6. The zero-order valence-electron chi connectivity index (χ0n) is 15.5. The predicted octanol–water partition coefficient (Wildman–Crippen LogP) is 2.44. The predicted molar refractivity (Wildman–Crippen MR) is 106 cm³/mol. The fourth-order valence-electron chi connectivity index (χ4n) is 2.11. The molecule has 24 heavy (non-hydrogen) atoms. The second kappa shape index (κ2) is 13.0. The van der Waals surface area contributed by atoms with E-state index in [0.717, 1.165) is 36.8 Å². The van der Waals surface area contributed by atoms with E-state index in [0.29, 0.717) is 13.2 Å². The highest BCUT2D eigenvalue weighted by Crippen LogP contribution is 2.17. The number of likely N-dealkylation sites (N-methyl/N-ethyl adjacent to an activating group) is 1. The van der Waals surface area contributed by atoms with Gasteiger partial charge in [0, 0.05) is 32.2 Å². The van der Waals surface area contributed by atoms with Gasteiger partial charge in [0.05, 0.1) is 0 Å². The van der Waals surface area contributed by atoms with Gasteiger partial charge in [0.15, 0.2) is 5.96 Å². The Hall–Kier alpha value is -1.40. The summed E-state index contributed by atoms with van der Waals surface area (Å²) in [6, 6.07) is 8.15. The number of ether oxygens (including phenoxy) is 1. The molecule has 1 aromatic carbocycles. The number of hydrogen-bond acceptors (Lipinski definition) is 4. The number of thioether (sulfide) groups is 1. The highest BCUT2D eigenvalue weighted by Gasteiger charge is 2.04. The first-order valence-corrected chi connectivity index (χ1v) is 9.85. The first kappa shape index (κ1) is 20.6. The van der Waals surface area contributed by atoms with Gasteiger partial charge in [-0.05, 0) is 45.0 Å². The van der Waals surface area contributed by atoms with E-state index in [1.54, 1.807) is 7.05 Å². The molecule has 0 aromatic heterocycles. The molecule has 0 saturated carbocycles. The third kappa shape index (κ3) is 9.03. The van der Waals surface area contributed by atoms with Crippen LogP contribution in [0.4, 0.5) is 0 Å². The van der Waals surface area contributed by atoms with Crippen LogP contribution in [0.25, 0.3) is 0 Å². The molecule has 6 heteroatoms. The zero-order valence-corrected chi connectivity index (χ0v) is 16.3. The summed E-state index contributed by atoms with van der Waals surface area (Å²) in [5, 5.41) is 6.72. The highest BCUT2D eigenvalue weighted by atomic mass is 32.2. The molecule has 0 aliphatic heterocycles. The van der Waals surface area contributed by atoms with Crippen molar-refractivity contribution in [3.8, 4) is 5.75 Å². The Labute approximate surface area is 151 Å². The minimum atomic E-state index is 0.687. The van der Waals surface area contributed by atoms with Crippen molar-refractivity contribution < 1.29 is 4.74 Å². The molecule has 5 nitrogen and oxygen atoms in total. The molecule has 0 unspecified atom stereocenters. The Morgan fingerprint density at radius 1 is 1.21 bits per heavy atom. The summed E-state index contributed by atoms with van der Waals surface area (Å²) in [5.41, 5.74) is 1.14. The molecule has 0 radical (unpaired) electrons. The van der Waals surface area contributed by atoms with E-state index in [9.17, 15) is 0 Å². The summed E-state index contributed by atoms with van der Waals surface area (Å²) in [4.78, 5) is 6.39. The van der Waals surface area contributed by atoms with E-state index in [2.05, 4.69) is 32.8 Å². The summed E-state index contributed by atoms with van der Waals surface area (Å²) >= 11 is 1.89. The normalized spacial score (nSPS) is 11.6. The van der Waals surface area contributed by atoms with Gasteiger partial charge in [-0.2, -0.15) is 11.8 Å². The Balaban J connectivity index is 2.41. The highest BCUT2D eigenvalue weighted by molar-refractivity contribution is 7.98. The van der Waals surface area contributed by atoms with Gasteiger partial charge < -0.3 is 20.3 Å². The van der Waals surface area contributed by atoms with Crippen LogP contribution < -0.4 is 15.4 Å². The molecular weight excluding hydrogens is 320 g/mol. The van der Waals surface area contributed by atoms with Gasteiger partial charge in [-0.3, -0.25) is 4.99 Å².